The molecule has 1 aliphatic rings. The zero-order valence-corrected chi connectivity index (χ0v) is 16.5. The van der Waals surface area contributed by atoms with Crippen LogP contribution in [0.2, 0.25) is 0 Å². The van der Waals surface area contributed by atoms with Crippen LogP contribution in [0.5, 0.6) is 0 Å². The van der Waals surface area contributed by atoms with E-state index in [1.54, 1.807) is 6.92 Å². The molecule has 1 saturated carbocycles. The molecule has 2 rings (SSSR count). The molecule has 5 heteroatoms. The first-order valence-corrected chi connectivity index (χ1v) is 10.5. The van der Waals surface area contributed by atoms with Crippen LogP contribution in [0.3, 0.4) is 0 Å². The standard InChI is InChI=1S/C20H31NO3S/c1-4-7-8-14-9-11-15(12-10-14)18(22)21-19-17(20(23)24-6-3)13-16(5-2)25-19/h13-15H,4-12H2,1-3H3,(H,21,22). The Kier molecular flexibility index (Phi) is 7.94. The Bertz CT molecular complexity index is 573. The third-order valence-electron chi connectivity index (χ3n) is 5.05. The number of hydrogen-bond donors (Lipinski definition) is 1. The lowest BCUT2D eigenvalue weighted by atomic mass is 9.79. The summed E-state index contributed by atoms with van der Waals surface area (Å²) in [6.07, 6.45) is 8.88. The number of hydrogen-bond acceptors (Lipinski definition) is 4. The number of unbranched alkanes of at least 4 members (excludes halogenated alkanes) is 1. The fourth-order valence-corrected chi connectivity index (χ4v) is 4.48. The number of aryl methyl sites for hydroxylation is 1. The van der Waals surface area contributed by atoms with E-state index in [9.17, 15) is 9.59 Å². The molecule has 1 aliphatic carbocycles. The fourth-order valence-electron chi connectivity index (χ4n) is 3.49. The summed E-state index contributed by atoms with van der Waals surface area (Å²) in [6, 6.07) is 1.85. The van der Waals surface area contributed by atoms with Gasteiger partial charge in [-0.15, -0.1) is 11.3 Å². The quantitative estimate of drug-likeness (QED) is 0.626. The van der Waals surface area contributed by atoms with Crippen molar-refractivity contribution in [1.82, 2.24) is 0 Å². The Morgan fingerprint density at radius 3 is 2.52 bits per heavy atom. The predicted octanol–water partition coefficient (Wildman–Crippen LogP) is 5.42. The summed E-state index contributed by atoms with van der Waals surface area (Å²) in [6.45, 7) is 6.40. The number of carbonyl (C=O) groups is 2. The van der Waals surface area contributed by atoms with Crippen LogP contribution in [-0.4, -0.2) is 18.5 Å². The van der Waals surface area contributed by atoms with Gasteiger partial charge in [0.05, 0.1) is 12.2 Å². The molecule has 1 aromatic rings. The zero-order chi connectivity index (χ0) is 18.2. The molecule has 0 bridgehead atoms. The molecule has 1 fully saturated rings. The predicted molar refractivity (Wildman–Crippen MR) is 103 cm³/mol. The van der Waals surface area contributed by atoms with E-state index >= 15 is 0 Å². The molecule has 0 atom stereocenters. The van der Waals surface area contributed by atoms with Crippen molar-refractivity contribution in [3.8, 4) is 0 Å². The van der Waals surface area contributed by atoms with E-state index in [-0.39, 0.29) is 17.8 Å². The first-order valence-electron chi connectivity index (χ1n) is 9.69. The van der Waals surface area contributed by atoms with Gasteiger partial charge in [0.2, 0.25) is 5.91 Å². The zero-order valence-electron chi connectivity index (χ0n) is 15.7. The number of carbonyl (C=O) groups excluding carboxylic acids is 2. The molecule has 25 heavy (non-hydrogen) atoms. The molecule has 1 N–H and O–H groups in total. The van der Waals surface area contributed by atoms with Gasteiger partial charge in [-0.2, -0.15) is 0 Å². The SMILES string of the molecule is CCCCC1CCC(C(=O)Nc2sc(CC)cc2C(=O)OCC)CC1. The summed E-state index contributed by atoms with van der Waals surface area (Å²) in [5.41, 5.74) is 0.494. The molecule has 0 spiro atoms. The molecule has 0 radical (unpaired) electrons. The Morgan fingerprint density at radius 2 is 1.92 bits per heavy atom. The highest BCUT2D eigenvalue weighted by molar-refractivity contribution is 7.16. The smallest absolute Gasteiger partial charge is 0.341 e. The van der Waals surface area contributed by atoms with Crippen molar-refractivity contribution in [2.24, 2.45) is 11.8 Å². The van der Waals surface area contributed by atoms with Crippen LogP contribution < -0.4 is 5.32 Å². The Hall–Kier alpha value is -1.36. The van der Waals surface area contributed by atoms with Gasteiger partial charge < -0.3 is 10.1 Å². The highest BCUT2D eigenvalue weighted by atomic mass is 32.1. The minimum atomic E-state index is -0.350. The molecule has 140 valence electrons. The van der Waals surface area contributed by atoms with Crippen LogP contribution in [0.4, 0.5) is 5.00 Å². The monoisotopic (exact) mass is 365 g/mol. The topological polar surface area (TPSA) is 55.4 Å². The van der Waals surface area contributed by atoms with E-state index in [1.807, 2.05) is 13.0 Å². The van der Waals surface area contributed by atoms with Gasteiger partial charge in [-0.1, -0.05) is 33.1 Å². The number of ether oxygens (including phenoxy) is 1. The molecular weight excluding hydrogens is 334 g/mol. The maximum atomic E-state index is 12.7. The molecule has 1 heterocycles. The van der Waals surface area contributed by atoms with Gasteiger partial charge >= 0.3 is 5.97 Å². The summed E-state index contributed by atoms with van der Waals surface area (Å²) in [5, 5.41) is 3.66. The van der Waals surface area contributed by atoms with Crippen LogP contribution in [0, 0.1) is 11.8 Å². The van der Waals surface area contributed by atoms with Crippen molar-refractivity contribution in [2.45, 2.75) is 72.1 Å². The van der Waals surface area contributed by atoms with E-state index in [0.29, 0.717) is 17.2 Å². The maximum absolute atomic E-state index is 12.7. The van der Waals surface area contributed by atoms with Crippen LogP contribution in [0.25, 0.3) is 0 Å². The van der Waals surface area contributed by atoms with E-state index in [4.69, 9.17) is 4.74 Å². The van der Waals surface area contributed by atoms with Crippen LogP contribution >= 0.6 is 11.3 Å². The first-order chi connectivity index (χ1) is 12.1. The summed E-state index contributed by atoms with van der Waals surface area (Å²) < 4.78 is 5.12. The Morgan fingerprint density at radius 1 is 1.20 bits per heavy atom. The van der Waals surface area contributed by atoms with Gasteiger partial charge in [0.1, 0.15) is 5.00 Å². The molecule has 1 amide bonds. The third kappa shape index (κ3) is 5.56. The van der Waals surface area contributed by atoms with E-state index < -0.39 is 0 Å². The lowest BCUT2D eigenvalue weighted by molar-refractivity contribution is -0.121. The molecule has 0 unspecified atom stereocenters. The summed E-state index contributed by atoms with van der Waals surface area (Å²) >= 11 is 1.48. The molecule has 0 saturated heterocycles. The largest absolute Gasteiger partial charge is 0.462 e. The molecule has 1 aromatic heterocycles. The van der Waals surface area contributed by atoms with Crippen molar-refractivity contribution in [3.63, 3.8) is 0 Å². The average molecular weight is 366 g/mol. The van der Waals surface area contributed by atoms with Gasteiger partial charge in [-0.3, -0.25) is 4.79 Å². The minimum absolute atomic E-state index is 0.0593. The summed E-state index contributed by atoms with van der Waals surface area (Å²) in [4.78, 5) is 25.9. The van der Waals surface area contributed by atoms with E-state index in [1.165, 1.54) is 30.6 Å². The second kappa shape index (κ2) is 9.95. The van der Waals surface area contributed by atoms with Gasteiger partial charge in [-0.05, 0) is 51.0 Å². The van der Waals surface area contributed by atoms with E-state index in [2.05, 4.69) is 12.2 Å². The molecular formula is C20H31NO3S. The number of rotatable bonds is 8. The fraction of sp³-hybridized carbons (Fsp3) is 0.700. The Labute approximate surface area is 155 Å². The average Bonchev–Trinajstić information content (AvgIpc) is 3.03. The number of thiophene rings is 1. The molecule has 4 nitrogen and oxygen atoms in total. The number of anilines is 1. The highest BCUT2D eigenvalue weighted by Crippen LogP contribution is 2.34. The van der Waals surface area contributed by atoms with Crippen molar-refractivity contribution < 1.29 is 14.3 Å². The lowest BCUT2D eigenvalue weighted by Gasteiger charge is -2.27. The number of esters is 1. The van der Waals surface area contributed by atoms with Gasteiger partial charge in [0.15, 0.2) is 0 Å². The maximum Gasteiger partial charge on any atom is 0.341 e. The second-order valence-electron chi connectivity index (χ2n) is 6.88. The molecule has 0 aliphatic heterocycles. The van der Waals surface area contributed by atoms with Crippen LogP contribution in [0.1, 0.15) is 81.0 Å². The second-order valence-corrected chi connectivity index (χ2v) is 8.02. The number of amides is 1. The van der Waals surface area contributed by atoms with Gasteiger partial charge in [-0.25, -0.2) is 4.79 Å². The highest BCUT2D eigenvalue weighted by Gasteiger charge is 2.27. The first kappa shape index (κ1) is 20.0. The van der Waals surface area contributed by atoms with Crippen molar-refractivity contribution >= 4 is 28.2 Å². The summed E-state index contributed by atoms with van der Waals surface area (Å²) in [5.74, 6) is 0.564. The molecule has 0 aromatic carbocycles. The normalized spacial score (nSPS) is 20.3. The van der Waals surface area contributed by atoms with E-state index in [0.717, 1.165) is 42.9 Å². The number of nitrogens with one attached hydrogen (secondary N) is 1. The van der Waals surface area contributed by atoms with Crippen molar-refractivity contribution in [3.05, 3.63) is 16.5 Å². The Balaban J connectivity index is 1.96. The van der Waals surface area contributed by atoms with Gasteiger partial charge in [0.25, 0.3) is 0 Å². The third-order valence-corrected chi connectivity index (χ3v) is 6.24. The minimum Gasteiger partial charge on any atom is -0.462 e. The van der Waals surface area contributed by atoms with Crippen molar-refractivity contribution in [1.29, 1.82) is 0 Å². The lowest BCUT2D eigenvalue weighted by Crippen LogP contribution is -2.27. The van der Waals surface area contributed by atoms with Crippen LogP contribution in [-0.2, 0) is 16.0 Å². The summed E-state index contributed by atoms with van der Waals surface area (Å²) in [7, 11) is 0. The van der Waals surface area contributed by atoms with Crippen molar-refractivity contribution in [2.75, 3.05) is 11.9 Å². The van der Waals surface area contributed by atoms with Crippen LogP contribution in [0.15, 0.2) is 6.07 Å². The van der Waals surface area contributed by atoms with Gasteiger partial charge in [0, 0.05) is 10.8 Å².